The number of carbonyl (C=O) groups excluding carboxylic acids is 2. The van der Waals surface area contributed by atoms with Crippen LogP contribution in [0.1, 0.15) is 16.1 Å². The maximum atomic E-state index is 11.5. The van der Waals surface area contributed by atoms with Crippen molar-refractivity contribution in [2.24, 2.45) is 17.2 Å². The monoisotopic (exact) mass is 378 g/mol. The number of nitrogens with one attached hydrogen (secondary N) is 1. The number of amides is 3. The highest BCUT2D eigenvalue weighted by Gasteiger charge is 2.16. The Morgan fingerprint density at radius 3 is 2.38 bits per heavy atom. The van der Waals surface area contributed by atoms with Gasteiger partial charge in [-0.2, -0.15) is 0 Å². The minimum Gasteiger partial charge on any atom is -0.494 e. The molecule has 2 aromatic rings. The predicted molar refractivity (Wildman–Crippen MR) is 97.2 cm³/mol. The number of carbonyl (C=O) groups is 3. The van der Waals surface area contributed by atoms with Gasteiger partial charge in [0.2, 0.25) is 0 Å². The quantitative estimate of drug-likeness (QED) is 0.461. The minimum absolute atomic E-state index is 0.171. The van der Waals surface area contributed by atoms with E-state index in [1.54, 1.807) is 30.3 Å². The van der Waals surface area contributed by atoms with Crippen LogP contribution in [-0.4, -0.2) is 35.7 Å². The second kappa shape index (κ2) is 8.32. The lowest BCUT2D eigenvalue weighted by molar-refractivity contribution is -0.138. The van der Waals surface area contributed by atoms with Gasteiger partial charge in [-0.15, -0.1) is 11.3 Å². The second-order valence-corrected chi connectivity index (χ2v) is 6.37. The van der Waals surface area contributed by atoms with E-state index < -0.39 is 23.9 Å². The molecule has 0 fully saturated rings. The Bertz CT molecular complexity index is 819. The second-order valence-electron chi connectivity index (χ2n) is 5.31. The third-order valence-electron chi connectivity index (χ3n) is 3.37. The molecular formula is C16H18N4O5S. The van der Waals surface area contributed by atoms with Crippen LogP contribution in [0.25, 0.3) is 10.4 Å². The van der Waals surface area contributed by atoms with Crippen molar-refractivity contribution in [3.8, 4) is 16.2 Å². The van der Waals surface area contributed by atoms with E-state index in [0.717, 1.165) is 16.9 Å². The van der Waals surface area contributed by atoms with Gasteiger partial charge in [-0.1, -0.05) is 0 Å². The standard InChI is InChI=1S/C16H18N4O5S/c17-10(15(22)23)5-6-25-9-3-1-8(2-4-9)12-7-11(20-16(19)24)13(26-12)14(18)21/h1-4,7,10H,5-6,17H2,(H2,18,21)(H,22,23)(H3,19,20,24)/t10-/m0/s1. The molecule has 0 saturated heterocycles. The van der Waals surface area contributed by atoms with E-state index in [1.807, 2.05) is 0 Å². The number of hydrogen-bond acceptors (Lipinski definition) is 6. The van der Waals surface area contributed by atoms with Gasteiger partial charge in [0, 0.05) is 11.3 Å². The molecule has 10 heteroatoms. The highest BCUT2D eigenvalue weighted by Crippen LogP contribution is 2.35. The fraction of sp³-hybridized carbons (Fsp3) is 0.188. The van der Waals surface area contributed by atoms with Gasteiger partial charge in [0.05, 0.1) is 12.3 Å². The zero-order valence-corrected chi connectivity index (χ0v) is 14.4. The average molecular weight is 378 g/mol. The Hall–Kier alpha value is -3.11. The molecule has 0 aliphatic rings. The average Bonchev–Trinajstić information content (AvgIpc) is 2.98. The molecule has 0 aliphatic heterocycles. The summed E-state index contributed by atoms with van der Waals surface area (Å²) < 4.78 is 5.45. The van der Waals surface area contributed by atoms with Gasteiger partial charge in [0.15, 0.2) is 0 Å². The number of urea groups is 1. The summed E-state index contributed by atoms with van der Waals surface area (Å²) in [5, 5.41) is 11.1. The number of rotatable bonds is 8. The fourth-order valence-corrected chi connectivity index (χ4v) is 3.06. The van der Waals surface area contributed by atoms with Crippen molar-refractivity contribution >= 4 is 34.9 Å². The molecule has 1 aromatic heterocycles. The third-order valence-corrected chi connectivity index (χ3v) is 4.57. The van der Waals surface area contributed by atoms with Gasteiger partial charge < -0.3 is 32.4 Å². The van der Waals surface area contributed by atoms with E-state index in [2.05, 4.69) is 5.32 Å². The van der Waals surface area contributed by atoms with E-state index in [0.29, 0.717) is 10.6 Å². The summed E-state index contributed by atoms with van der Waals surface area (Å²) in [5.74, 6) is -1.19. The maximum Gasteiger partial charge on any atom is 0.320 e. The Labute approximate surface area is 152 Å². The van der Waals surface area contributed by atoms with Gasteiger partial charge >= 0.3 is 12.0 Å². The number of hydrogen-bond donors (Lipinski definition) is 5. The Morgan fingerprint density at radius 2 is 1.85 bits per heavy atom. The fourth-order valence-electron chi connectivity index (χ4n) is 2.08. The molecule has 3 amide bonds. The van der Waals surface area contributed by atoms with Crippen molar-refractivity contribution in [3.63, 3.8) is 0 Å². The molecule has 8 N–H and O–H groups in total. The highest BCUT2D eigenvalue weighted by atomic mass is 32.1. The lowest BCUT2D eigenvalue weighted by atomic mass is 10.1. The van der Waals surface area contributed by atoms with Crippen LogP contribution in [0.15, 0.2) is 30.3 Å². The van der Waals surface area contributed by atoms with Crippen LogP contribution in [0.2, 0.25) is 0 Å². The molecule has 1 heterocycles. The van der Waals surface area contributed by atoms with Crippen molar-refractivity contribution in [1.82, 2.24) is 0 Å². The number of nitrogens with two attached hydrogens (primary N) is 3. The molecule has 0 saturated carbocycles. The Kier molecular flexibility index (Phi) is 6.15. The number of benzene rings is 1. The zero-order chi connectivity index (χ0) is 19.3. The number of anilines is 1. The number of carboxylic acid groups (broad SMARTS) is 1. The molecule has 2 rings (SSSR count). The van der Waals surface area contributed by atoms with E-state index >= 15 is 0 Å². The maximum absolute atomic E-state index is 11.5. The van der Waals surface area contributed by atoms with E-state index in [9.17, 15) is 14.4 Å². The zero-order valence-electron chi connectivity index (χ0n) is 13.6. The molecule has 138 valence electrons. The van der Waals surface area contributed by atoms with Gasteiger partial charge in [-0.05, 0) is 35.9 Å². The predicted octanol–water partition coefficient (Wildman–Crippen LogP) is 1.19. The minimum atomic E-state index is -1.08. The molecule has 1 aromatic carbocycles. The van der Waals surface area contributed by atoms with Crippen molar-refractivity contribution in [1.29, 1.82) is 0 Å². The molecule has 0 radical (unpaired) electrons. The molecule has 9 nitrogen and oxygen atoms in total. The Morgan fingerprint density at radius 1 is 1.19 bits per heavy atom. The summed E-state index contributed by atoms with van der Waals surface area (Å²) in [6, 6.07) is 6.77. The Balaban J connectivity index is 2.09. The first kappa shape index (κ1) is 19.2. The molecule has 26 heavy (non-hydrogen) atoms. The number of primary amides is 2. The van der Waals surface area contributed by atoms with E-state index in [1.165, 1.54) is 0 Å². The molecule has 0 aliphatic carbocycles. The van der Waals surface area contributed by atoms with Crippen LogP contribution >= 0.6 is 11.3 Å². The van der Waals surface area contributed by atoms with Crippen LogP contribution in [0, 0.1) is 0 Å². The van der Waals surface area contributed by atoms with Crippen molar-refractivity contribution in [2.45, 2.75) is 12.5 Å². The number of aliphatic carboxylic acids is 1. The number of carboxylic acids is 1. The normalized spacial score (nSPS) is 11.6. The SMILES string of the molecule is NC(=O)Nc1cc(-c2ccc(OCC[C@H](N)C(=O)O)cc2)sc1C(N)=O. The molecule has 1 atom stereocenters. The number of ether oxygens (including phenoxy) is 1. The summed E-state index contributed by atoms with van der Waals surface area (Å²) in [6.07, 6.45) is 0.187. The van der Waals surface area contributed by atoms with Crippen LogP contribution < -0.4 is 27.3 Å². The first-order valence-electron chi connectivity index (χ1n) is 7.49. The van der Waals surface area contributed by atoms with E-state index in [-0.39, 0.29) is 23.6 Å². The first-order valence-corrected chi connectivity index (χ1v) is 8.31. The van der Waals surface area contributed by atoms with Gasteiger partial charge in [0.25, 0.3) is 5.91 Å². The van der Waals surface area contributed by atoms with Crippen molar-refractivity contribution in [3.05, 3.63) is 35.2 Å². The molecule has 0 bridgehead atoms. The van der Waals surface area contributed by atoms with Gasteiger partial charge in [-0.3, -0.25) is 9.59 Å². The van der Waals surface area contributed by atoms with Crippen molar-refractivity contribution < 1.29 is 24.2 Å². The van der Waals surface area contributed by atoms with Crippen molar-refractivity contribution in [2.75, 3.05) is 11.9 Å². The molecule has 0 spiro atoms. The van der Waals surface area contributed by atoms with E-state index in [4.69, 9.17) is 27.0 Å². The summed E-state index contributed by atoms with van der Waals surface area (Å²) in [4.78, 5) is 34.1. The largest absolute Gasteiger partial charge is 0.494 e. The first-order chi connectivity index (χ1) is 12.3. The topological polar surface area (TPSA) is 171 Å². The highest BCUT2D eigenvalue weighted by molar-refractivity contribution is 7.18. The summed E-state index contributed by atoms with van der Waals surface area (Å²) in [6.45, 7) is 0.171. The summed E-state index contributed by atoms with van der Waals surface area (Å²) in [7, 11) is 0. The van der Waals surface area contributed by atoms with Crippen LogP contribution in [-0.2, 0) is 4.79 Å². The third kappa shape index (κ3) is 4.94. The summed E-state index contributed by atoms with van der Waals surface area (Å²) >= 11 is 1.13. The smallest absolute Gasteiger partial charge is 0.320 e. The lowest BCUT2D eigenvalue weighted by Crippen LogP contribution is -2.31. The summed E-state index contributed by atoms with van der Waals surface area (Å²) in [5.41, 5.74) is 16.8. The van der Waals surface area contributed by atoms with Gasteiger partial charge in [-0.25, -0.2) is 4.79 Å². The number of thiophene rings is 1. The van der Waals surface area contributed by atoms with Gasteiger partial charge in [0.1, 0.15) is 16.7 Å². The molecular weight excluding hydrogens is 360 g/mol. The van der Waals surface area contributed by atoms with Crippen LogP contribution in [0.4, 0.5) is 10.5 Å². The van der Waals surface area contributed by atoms with Crippen LogP contribution in [0.5, 0.6) is 5.75 Å². The lowest BCUT2D eigenvalue weighted by Gasteiger charge is -2.09. The molecule has 0 unspecified atom stereocenters. The van der Waals surface area contributed by atoms with Crippen LogP contribution in [0.3, 0.4) is 0 Å².